The number of carbonyl (C=O) groups excluding carboxylic acids is 2. The van der Waals surface area contributed by atoms with E-state index in [0.29, 0.717) is 28.1 Å². The van der Waals surface area contributed by atoms with Crippen molar-refractivity contribution in [2.24, 2.45) is 0 Å². The van der Waals surface area contributed by atoms with Crippen molar-refractivity contribution in [2.45, 2.75) is 6.42 Å². The average Bonchev–Trinajstić information content (AvgIpc) is 2.94. The van der Waals surface area contributed by atoms with Crippen LogP contribution < -0.4 is 16.0 Å². The topological polar surface area (TPSA) is 83.1 Å². The molecule has 0 aliphatic rings. The molecule has 120 valence electrons. The maximum absolute atomic E-state index is 11.9. The van der Waals surface area contributed by atoms with Crippen molar-refractivity contribution in [1.82, 2.24) is 10.3 Å². The summed E-state index contributed by atoms with van der Waals surface area (Å²) in [5, 5.41) is 10.7. The summed E-state index contributed by atoms with van der Waals surface area (Å²) in [6.45, 7) is 3.94. The van der Waals surface area contributed by atoms with Gasteiger partial charge in [0.15, 0.2) is 5.13 Å². The molecule has 0 fully saturated rings. The van der Waals surface area contributed by atoms with E-state index in [1.54, 1.807) is 35.7 Å². The normalized spacial score (nSPS) is 9.96. The number of rotatable bonds is 6. The first-order valence-electron chi connectivity index (χ1n) is 6.72. The van der Waals surface area contributed by atoms with Gasteiger partial charge in [0.1, 0.15) is 0 Å². The standard InChI is InChI=1S/C15H15ClN4O2S/c1-2-7-17-13(21)8-12-9-23-15(19-12)20-14(22)18-11-5-3-10(16)4-6-11/h2-6,9H,1,7-8H2,(H,17,21)(H2,18,19,20,22). The first-order chi connectivity index (χ1) is 11.1. The molecule has 0 atom stereocenters. The summed E-state index contributed by atoms with van der Waals surface area (Å²) in [4.78, 5) is 27.6. The molecule has 0 unspecified atom stereocenters. The van der Waals surface area contributed by atoms with Gasteiger partial charge in [0.25, 0.3) is 0 Å². The molecule has 0 saturated carbocycles. The van der Waals surface area contributed by atoms with Crippen LogP contribution in [0.5, 0.6) is 0 Å². The lowest BCUT2D eigenvalue weighted by molar-refractivity contribution is -0.120. The second kappa shape index (κ2) is 8.30. The predicted molar refractivity (Wildman–Crippen MR) is 93.1 cm³/mol. The van der Waals surface area contributed by atoms with Crippen molar-refractivity contribution in [3.8, 4) is 0 Å². The number of nitrogens with one attached hydrogen (secondary N) is 3. The minimum absolute atomic E-state index is 0.146. The monoisotopic (exact) mass is 350 g/mol. The van der Waals surface area contributed by atoms with E-state index in [0.717, 1.165) is 0 Å². The lowest BCUT2D eigenvalue weighted by Crippen LogP contribution is -2.25. The summed E-state index contributed by atoms with van der Waals surface area (Å²) in [6, 6.07) is 6.34. The highest BCUT2D eigenvalue weighted by Gasteiger charge is 2.09. The van der Waals surface area contributed by atoms with Crippen molar-refractivity contribution in [1.29, 1.82) is 0 Å². The van der Waals surface area contributed by atoms with E-state index in [-0.39, 0.29) is 12.3 Å². The highest BCUT2D eigenvalue weighted by atomic mass is 35.5. The molecule has 1 heterocycles. The van der Waals surface area contributed by atoms with E-state index >= 15 is 0 Å². The third-order valence-corrected chi connectivity index (χ3v) is 3.72. The van der Waals surface area contributed by atoms with E-state index in [2.05, 4.69) is 27.5 Å². The molecular weight excluding hydrogens is 336 g/mol. The predicted octanol–water partition coefficient (Wildman–Crippen LogP) is 3.29. The fourth-order valence-corrected chi connectivity index (χ4v) is 2.48. The molecule has 23 heavy (non-hydrogen) atoms. The first kappa shape index (κ1) is 17.0. The molecule has 0 aliphatic carbocycles. The van der Waals surface area contributed by atoms with Gasteiger partial charge in [-0.25, -0.2) is 9.78 Å². The third kappa shape index (κ3) is 5.72. The summed E-state index contributed by atoms with van der Waals surface area (Å²) in [6.07, 6.45) is 1.76. The number of halogens is 1. The van der Waals surface area contributed by atoms with Crippen molar-refractivity contribution < 1.29 is 9.59 Å². The fraction of sp³-hybridized carbons (Fsp3) is 0.133. The number of aromatic nitrogens is 1. The van der Waals surface area contributed by atoms with Crippen molar-refractivity contribution >= 4 is 45.7 Å². The zero-order valence-electron chi connectivity index (χ0n) is 12.1. The highest BCUT2D eigenvalue weighted by Crippen LogP contribution is 2.17. The number of anilines is 2. The van der Waals surface area contributed by atoms with Crippen LogP contribution in [0.1, 0.15) is 5.69 Å². The molecule has 1 aromatic carbocycles. The van der Waals surface area contributed by atoms with E-state index in [1.807, 2.05) is 0 Å². The second-order valence-corrected chi connectivity index (χ2v) is 5.79. The molecule has 0 aliphatic heterocycles. The number of benzene rings is 1. The average molecular weight is 351 g/mol. The summed E-state index contributed by atoms with van der Waals surface area (Å²) in [5.74, 6) is -0.146. The van der Waals surface area contributed by atoms with Crippen molar-refractivity contribution in [3.63, 3.8) is 0 Å². The Labute approximate surface area is 142 Å². The summed E-state index contributed by atoms with van der Waals surface area (Å²) in [5.41, 5.74) is 1.21. The van der Waals surface area contributed by atoms with Gasteiger partial charge in [-0.3, -0.25) is 10.1 Å². The number of amides is 3. The molecule has 8 heteroatoms. The van der Waals surface area contributed by atoms with Crippen LogP contribution in [0.4, 0.5) is 15.6 Å². The number of hydrogen-bond acceptors (Lipinski definition) is 4. The smallest absolute Gasteiger partial charge is 0.325 e. The molecule has 0 spiro atoms. The summed E-state index contributed by atoms with van der Waals surface area (Å²) in [7, 11) is 0. The van der Waals surface area contributed by atoms with Crippen LogP contribution in [0.15, 0.2) is 42.3 Å². The van der Waals surface area contributed by atoms with E-state index < -0.39 is 6.03 Å². The lowest BCUT2D eigenvalue weighted by Gasteiger charge is -2.05. The SMILES string of the molecule is C=CCNC(=O)Cc1csc(NC(=O)Nc2ccc(Cl)cc2)n1. The molecule has 6 nitrogen and oxygen atoms in total. The Morgan fingerprint density at radius 1 is 1.26 bits per heavy atom. The van der Waals surface area contributed by atoms with Crippen LogP contribution in [0.2, 0.25) is 5.02 Å². The van der Waals surface area contributed by atoms with Gasteiger partial charge in [-0.2, -0.15) is 0 Å². The van der Waals surface area contributed by atoms with Gasteiger partial charge in [-0.15, -0.1) is 17.9 Å². The highest BCUT2D eigenvalue weighted by molar-refractivity contribution is 7.14. The quantitative estimate of drug-likeness (QED) is 0.699. The van der Waals surface area contributed by atoms with Gasteiger partial charge in [-0.1, -0.05) is 17.7 Å². The van der Waals surface area contributed by atoms with Gasteiger partial charge in [0.2, 0.25) is 5.91 Å². The first-order valence-corrected chi connectivity index (χ1v) is 7.98. The van der Waals surface area contributed by atoms with Crippen LogP contribution in [0, 0.1) is 0 Å². The zero-order valence-corrected chi connectivity index (χ0v) is 13.7. The molecule has 0 saturated heterocycles. The van der Waals surface area contributed by atoms with Gasteiger partial charge in [0, 0.05) is 22.6 Å². The molecule has 1 aromatic heterocycles. The van der Waals surface area contributed by atoms with E-state index in [9.17, 15) is 9.59 Å². The van der Waals surface area contributed by atoms with Crippen LogP contribution in [0.3, 0.4) is 0 Å². The van der Waals surface area contributed by atoms with Crippen LogP contribution >= 0.6 is 22.9 Å². The molecular formula is C15H15ClN4O2S. The number of urea groups is 1. The zero-order chi connectivity index (χ0) is 16.7. The van der Waals surface area contributed by atoms with Crippen molar-refractivity contribution in [3.05, 3.63) is 53.0 Å². The molecule has 3 amide bonds. The molecule has 0 radical (unpaired) electrons. The minimum Gasteiger partial charge on any atom is -0.352 e. The van der Waals surface area contributed by atoms with Crippen LogP contribution in [0.25, 0.3) is 0 Å². The maximum Gasteiger partial charge on any atom is 0.325 e. The summed E-state index contributed by atoms with van der Waals surface area (Å²) < 4.78 is 0. The third-order valence-electron chi connectivity index (χ3n) is 2.66. The Balaban J connectivity index is 1.85. The van der Waals surface area contributed by atoms with Crippen molar-refractivity contribution in [2.75, 3.05) is 17.2 Å². The number of carbonyl (C=O) groups is 2. The van der Waals surface area contributed by atoms with Gasteiger partial charge in [-0.05, 0) is 24.3 Å². The minimum atomic E-state index is -0.413. The fourth-order valence-electron chi connectivity index (χ4n) is 1.65. The van der Waals surface area contributed by atoms with Gasteiger partial charge < -0.3 is 10.6 Å². The second-order valence-electron chi connectivity index (χ2n) is 4.50. The number of thiazole rings is 1. The Hall–Kier alpha value is -2.38. The van der Waals surface area contributed by atoms with Crippen LogP contribution in [-0.4, -0.2) is 23.5 Å². The molecule has 2 rings (SSSR count). The number of nitrogens with zero attached hydrogens (tertiary/aromatic N) is 1. The van der Waals surface area contributed by atoms with E-state index in [1.165, 1.54) is 11.3 Å². The largest absolute Gasteiger partial charge is 0.352 e. The Morgan fingerprint density at radius 3 is 2.70 bits per heavy atom. The van der Waals surface area contributed by atoms with E-state index in [4.69, 9.17) is 11.6 Å². The van der Waals surface area contributed by atoms with Gasteiger partial charge >= 0.3 is 6.03 Å². The van der Waals surface area contributed by atoms with Gasteiger partial charge in [0.05, 0.1) is 12.1 Å². The lowest BCUT2D eigenvalue weighted by atomic mass is 10.3. The number of hydrogen-bond donors (Lipinski definition) is 3. The van der Waals surface area contributed by atoms with Crippen LogP contribution in [-0.2, 0) is 11.2 Å². The Bertz CT molecular complexity index is 700. The molecule has 0 bridgehead atoms. The Morgan fingerprint density at radius 2 is 2.00 bits per heavy atom. The summed E-state index contributed by atoms with van der Waals surface area (Å²) >= 11 is 7.03. The maximum atomic E-state index is 11.9. The molecule has 3 N–H and O–H groups in total. The Kier molecular flexibility index (Phi) is 6.13. The molecule has 2 aromatic rings.